The molecule has 2 aliphatic rings. The number of rotatable bonds is 1. The lowest BCUT2D eigenvalue weighted by molar-refractivity contribution is 0.313. The molecule has 3 heteroatoms. The van der Waals surface area contributed by atoms with Crippen molar-refractivity contribution in [2.75, 3.05) is 44.7 Å². The highest BCUT2D eigenvalue weighted by atomic mass is 15.2. The van der Waals surface area contributed by atoms with E-state index in [0.29, 0.717) is 0 Å². The number of benzene rings is 1. The molecule has 0 radical (unpaired) electrons. The van der Waals surface area contributed by atoms with E-state index in [0.717, 1.165) is 32.7 Å². The average molecular weight is 231 g/mol. The zero-order valence-electron chi connectivity index (χ0n) is 10.6. The molecule has 1 aromatic rings. The molecule has 17 heavy (non-hydrogen) atoms. The van der Waals surface area contributed by atoms with Gasteiger partial charge in [-0.25, -0.2) is 0 Å². The van der Waals surface area contributed by atoms with Crippen molar-refractivity contribution in [2.24, 2.45) is 0 Å². The lowest BCUT2D eigenvalue weighted by Crippen LogP contribution is -2.43. The Labute approximate surface area is 103 Å². The lowest BCUT2D eigenvalue weighted by atomic mass is 9.99. The lowest BCUT2D eigenvalue weighted by Gasteiger charge is -2.31. The molecular weight excluding hydrogens is 210 g/mol. The first-order valence-electron chi connectivity index (χ1n) is 6.59. The second-order valence-electron chi connectivity index (χ2n) is 5.18. The molecule has 0 aromatic heterocycles. The summed E-state index contributed by atoms with van der Waals surface area (Å²) < 4.78 is 0. The maximum atomic E-state index is 3.40. The topological polar surface area (TPSA) is 18.5 Å². The molecule has 92 valence electrons. The van der Waals surface area contributed by atoms with Gasteiger partial charge in [-0.15, -0.1) is 0 Å². The fraction of sp³-hybridized carbons (Fsp3) is 0.571. The largest absolute Gasteiger partial charge is 0.369 e. The Bertz CT molecular complexity index is 396. The highest BCUT2D eigenvalue weighted by Crippen LogP contribution is 2.24. The first-order chi connectivity index (χ1) is 8.33. The summed E-state index contributed by atoms with van der Waals surface area (Å²) in [6.07, 6.45) is 1.20. The first-order valence-corrected chi connectivity index (χ1v) is 6.59. The Kier molecular flexibility index (Phi) is 3.04. The third-order valence-electron chi connectivity index (χ3n) is 3.88. The van der Waals surface area contributed by atoms with Crippen LogP contribution >= 0.6 is 0 Å². The summed E-state index contributed by atoms with van der Waals surface area (Å²) in [7, 11) is 2.21. The molecule has 1 N–H and O–H groups in total. The Morgan fingerprint density at radius 2 is 1.88 bits per heavy atom. The van der Waals surface area contributed by atoms with Gasteiger partial charge in [0.25, 0.3) is 0 Å². The Hall–Kier alpha value is -1.06. The summed E-state index contributed by atoms with van der Waals surface area (Å²) >= 11 is 0. The van der Waals surface area contributed by atoms with Crippen molar-refractivity contribution in [2.45, 2.75) is 13.0 Å². The summed E-state index contributed by atoms with van der Waals surface area (Å²) in [5.41, 5.74) is 4.47. The van der Waals surface area contributed by atoms with Gasteiger partial charge in [0.2, 0.25) is 0 Å². The van der Waals surface area contributed by atoms with E-state index in [2.05, 4.69) is 40.4 Å². The standard InChI is InChI=1S/C14H21N3/c1-16-7-4-12-2-3-14(10-13(12)11-16)17-8-5-15-6-9-17/h2-3,10,15H,4-9,11H2,1H3. The van der Waals surface area contributed by atoms with Crippen LogP contribution in [-0.2, 0) is 13.0 Å². The Morgan fingerprint density at radius 3 is 2.71 bits per heavy atom. The SMILES string of the molecule is CN1CCc2ccc(N3CCNCC3)cc2C1. The quantitative estimate of drug-likeness (QED) is 0.780. The van der Waals surface area contributed by atoms with Gasteiger partial charge >= 0.3 is 0 Å². The van der Waals surface area contributed by atoms with Crippen molar-refractivity contribution in [3.63, 3.8) is 0 Å². The third kappa shape index (κ3) is 2.31. The van der Waals surface area contributed by atoms with Gasteiger partial charge in [0.1, 0.15) is 0 Å². The second kappa shape index (κ2) is 4.67. The van der Waals surface area contributed by atoms with Gasteiger partial charge in [-0.1, -0.05) is 6.07 Å². The van der Waals surface area contributed by atoms with Crippen molar-refractivity contribution in [3.8, 4) is 0 Å². The fourth-order valence-corrected chi connectivity index (χ4v) is 2.80. The number of fused-ring (bicyclic) bond motifs is 1. The van der Waals surface area contributed by atoms with E-state index in [9.17, 15) is 0 Å². The number of hydrogen-bond acceptors (Lipinski definition) is 3. The van der Waals surface area contributed by atoms with E-state index in [1.165, 1.54) is 24.2 Å². The molecule has 1 aromatic carbocycles. The minimum atomic E-state index is 1.11. The van der Waals surface area contributed by atoms with Gasteiger partial charge < -0.3 is 15.1 Å². The van der Waals surface area contributed by atoms with Crippen molar-refractivity contribution in [1.29, 1.82) is 0 Å². The van der Waals surface area contributed by atoms with Crippen LogP contribution in [0.4, 0.5) is 5.69 Å². The van der Waals surface area contributed by atoms with Crippen molar-refractivity contribution in [1.82, 2.24) is 10.2 Å². The number of nitrogens with zero attached hydrogens (tertiary/aromatic N) is 2. The maximum absolute atomic E-state index is 3.40. The molecule has 2 heterocycles. The second-order valence-corrected chi connectivity index (χ2v) is 5.18. The normalized spacial score (nSPS) is 21.4. The molecule has 0 bridgehead atoms. The van der Waals surface area contributed by atoms with E-state index in [1.54, 1.807) is 5.56 Å². The molecule has 1 fully saturated rings. The molecule has 0 spiro atoms. The predicted octanol–water partition coefficient (Wildman–Crippen LogP) is 1.08. The van der Waals surface area contributed by atoms with Crippen LogP contribution in [0.25, 0.3) is 0 Å². The van der Waals surface area contributed by atoms with Crippen LogP contribution < -0.4 is 10.2 Å². The molecule has 1 saturated heterocycles. The van der Waals surface area contributed by atoms with E-state index in [-0.39, 0.29) is 0 Å². The molecule has 0 unspecified atom stereocenters. The van der Waals surface area contributed by atoms with Gasteiger partial charge in [0.05, 0.1) is 0 Å². The van der Waals surface area contributed by atoms with Crippen molar-refractivity contribution in [3.05, 3.63) is 29.3 Å². The van der Waals surface area contributed by atoms with Gasteiger partial charge in [0, 0.05) is 45.0 Å². The summed E-state index contributed by atoms with van der Waals surface area (Å²) in [6.45, 7) is 6.78. The Balaban J connectivity index is 1.84. The number of likely N-dealkylation sites (N-methyl/N-ethyl adjacent to an activating group) is 1. The highest BCUT2D eigenvalue weighted by molar-refractivity contribution is 5.52. The first kappa shape index (κ1) is 11.1. The van der Waals surface area contributed by atoms with Gasteiger partial charge in [0.15, 0.2) is 0 Å². The van der Waals surface area contributed by atoms with Crippen LogP contribution in [-0.4, -0.2) is 44.7 Å². The van der Waals surface area contributed by atoms with Gasteiger partial charge in [-0.2, -0.15) is 0 Å². The molecular formula is C14H21N3. The van der Waals surface area contributed by atoms with Crippen LogP contribution in [0.15, 0.2) is 18.2 Å². The van der Waals surface area contributed by atoms with Crippen LogP contribution in [0.3, 0.4) is 0 Å². The summed E-state index contributed by atoms with van der Waals surface area (Å²) in [5.74, 6) is 0. The molecule has 0 atom stereocenters. The van der Waals surface area contributed by atoms with Crippen LogP contribution in [0.1, 0.15) is 11.1 Å². The summed E-state index contributed by atoms with van der Waals surface area (Å²) in [4.78, 5) is 4.90. The minimum Gasteiger partial charge on any atom is -0.369 e. The number of nitrogens with one attached hydrogen (secondary N) is 1. The zero-order valence-corrected chi connectivity index (χ0v) is 10.6. The smallest absolute Gasteiger partial charge is 0.0370 e. The predicted molar refractivity (Wildman–Crippen MR) is 71.6 cm³/mol. The molecule has 0 saturated carbocycles. The third-order valence-corrected chi connectivity index (χ3v) is 3.88. The molecule has 2 aliphatic heterocycles. The van der Waals surface area contributed by atoms with Gasteiger partial charge in [-0.3, -0.25) is 0 Å². The summed E-state index contributed by atoms with van der Waals surface area (Å²) in [5, 5.41) is 3.40. The molecule has 3 nitrogen and oxygen atoms in total. The van der Waals surface area contributed by atoms with E-state index in [4.69, 9.17) is 0 Å². The molecule has 0 amide bonds. The number of piperazine rings is 1. The van der Waals surface area contributed by atoms with Crippen LogP contribution in [0, 0.1) is 0 Å². The van der Waals surface area contributed by atoms with E-state index >= 15 is 0 Å². The van der Waals surface area contributed by atoms with Crippen LogP contribution in [0.2, 0.25) is 0 Å². The van der Waals surface area contributed by atoms with E-state index < -0.39 is 0 Å². The van der Waals surface area contributed by atoms with Gasteiger partial charge in [-0.05, 0) is 36.7 Å². The van der Waals surface area contributed by atoms with Crippen molar-refractivity contribution >= 4 is 5.69 Å². The monoisotopic (exact) mass is 231 g/mol. The highest BCUT2D eigenvalue weighted by Gasteiger charge is 2.16. The maximum Gasteiger partial charge on any atom is 0.0370 e. The zero-order chi connectivity index (χ0) is 11.7. The molecule has 3 rings (SSSR count). The van der Waals surface area contributed by atoms with Crippen molar-refractivity contribution < 1.29 is 0 Å². The van der Waals surface area contributed by atoms with E-state index in [1.807, 2.05) is 0 Å². The summed E-state index contributed by atoms with van der Waals surface area (Å²) in [6, 6.07) is 7.03. The number of hydrogen-bond donors (Lipinski definition) is 1. The minimum absolute atomic E-state index is 1.11. The Morgan fingerprint density at radius 1 is 1.06 bits per heavy atom. The number of anilines is 1. The fourth-order valence-electron chi connectivity index (χ4n) is 2.80. The molecule has 0 aliphatic carbocycles. The van der Waals surface area contributed by atoms with Crippen LogP contribution in [0.5, 0.6) is 0 Å². The average Bonchev–Trinajstić information content (AvgIpc) is 2.39.